The summed E-state index contributed by atoms with van der Waals surface area (Å²) in [6, 6.07) is 0.849. The van der Waals surface area contributed by atoms with Crippen molar-refractivity contribution >= 4 is 38.7 Å². The molecule has 2 aromatic rings. The van der Waals surface area contributed by atoms with Crippen molar-refractivity contribution in [1.82, 2.24) is 39.4 Å². The Labute approximate surface area is 271 Å². The molecule has 2 aromatic heterocycles. The Hall–Kier alpha value is -1.71. The fraction of sp³-hybridized carbons (Fsp3) is 0.774. The zero-order chi connectivity index (χ0) is 30.6. The van der Waals surface area contributed by atoms with E-state index in [-0.39, 0.29) is 12.1 Å². The second-order valence-electron chi connectivity index (χ2n) is 13.4. The van der Waals surface area contributed by atoms with Crippen molar-refractivity contribution in [2.45, 2.75) is 62.7 Å². The fourth-order valence-electron chi connectivity index (χ4n) is 7.82. The van der Waals surface area contributed by atoms with Crippen LogP contribution >= 0.6 is 22.7 Å². The molecule has 6 rings (SSSR count). The minimum atomic E-state index is -0.232. The van der Waals surface area contributed by atoms with E-state index in [1.807, 2.05) is 10.8 Å². The lowest BCUT2D eigenvalue weighted by Crippen LogP contribution is -2.61. The summed E-state index contributed by atoms with van der Waals surface area (Å²) < 4.78 is 0. The summed E-state index contributed by atoms with van der Waals surface area (Å²) in [7, 11) is 4.45. The molecule has 0 saturated carbocycles. The maximum Gasteiger partial charge on any atom is 0.180 e. The van der Waals surface area contributed by atoms with Gasteiger partial charge in [0.1, 0.15) is 0 Å². The molecular weight excluding hydrogens is 593 g/mol. The van der Waals surface area contributed by atoms with Gasteiger partial charge in [-0.05, 0) is 66.0 Å². The molecule has 0 bridgehead atoms. The van der Waals surface area contributed by atoms with Crippen LogP contribution in [-0.4, -0.2) is 162 Å². The molecule has 11 nitrogen and oxygen atoms in total. The fourth-order valence-corrected chi connectivity index (χ4v) is 8.97. The number of nitrogens with zero attached hydrogens (tertiary/aromatic N) is 8. The maximum absolute atomic E-state index is 14.9. The quantitative estimate of drug-likeness (QED) is 0.390. The number of anilines is 2. The average Bonchev–Trinajstić information content (AvgIpc) is 3.66. The highest BCUT2D eigenvalue weighted by atomic mass is 32.1. The van der Waals surface area contributed by atoms with E-state index in [0.717, 1.165) is 63.7 Å². The first-order chi connectivity index (χ1) is 21.3. The molecule has 4 N–H and O–H groups in total. The number of hydrogen-bond acceptors (Lipinski definition) is 13. The molecule has 0 spiro atoms. The predicted molar refractivity (Wildman–Crippen MR) is 180 cm³/mol. The van der Waals surface area contributed by atoms with Crippen molar-refractivity contribution in [2.24, 2.45) is 0 Å². The first-order valence-electron chi connectivity index (χ1n) is 16.6. The van der Waals surface area contributed by atoms with E-state index in [9.17, 15) is 4.79 Å². The summed E-state index contributed by atoms with van der Waals surface area (Å²) in [5, 5.41) is 5.19. The van der Waals surface area contributed by atoms with Crippen molar-refractivity contribution in [3.05, 3.63) is 22.1 Å². The van der Waals surface area contributed by atoms with Gasteiger partial charge in [-0.15, -0.1) is 22.7 Å². The normalized spacial score (nSPS) is 25.0. The molecule has 4 fully saturated rings. The predicted octanol–water partition coefficient (Wildman–Crippen LogP) is 1.28. The highest BCUT2D eigenvalue weighted by molar-refractivity contribution is 7.13. The maximum atomic E-state index is 14.9. The van der Waals surface area contributed by atoms with Gasteiger partial charge >= 0.3 is 0 Å². The number of nitrogen functional groups attached to an aromatic ring is 2. The molecular formula is C31H52N10OS2. The van der Waals surface area contributed by atoms with Crippen molar-refractivity contribution in [3.63, 3.8) is 0 Å². The van der Waals surface area contributed by atoms with Crippen LogP contribution < -0.4 is 11.5 Å². The average molecular weight is 645 g/mol. The number of piperazine rings is 2. The second-order valence-corrected chi connectivity index (χ2v) is 15.2. The van der Waals surface area contributed by atoms with E-state index < -0.39 is 0 Å². The van der Waals surface area contributed by atoms with E-state index >= 15 is 0 Å². The molecule has 4 aliphatic heterocycles. The molecule has 4 aliphatic rings. The Balaban J connectivity index is 1.17. The SMILES string of the molecule is CN1CCC(N2CCN(C(Cc3csc(N)n3)C(=O)C(Cc3csc(N)n3)N3CCN(C4CCN(C)CC4)CC3)CC2)CC1. The Morgan fingerprint density at radius 1 is 0.682 bits per heavy atom. The van der Waals surface area contributed by atoms with Crippen LogP contribution in [0.1, 0.15) is 37.1 Å². The number of carbonyl (C=O) groups excluding carboxylic acids is 1. The summed E-state index contributed by atoms with van der Waals surface area (Å²) in [6.45, 7) is 12.4. The molecule has 0 aliphatic carbocycles. The van der Waals surface area contributed by atoms with Crippen LogP contribution in [-0.2, 0) is 17.6 Å². The van der Waals surface area contributed by atoms with E-state index in [0.29, 0.717) is 41.0 Å². The van der Waals surface area contributed by atoms with Crippen LogP contribution in [0.4, 0.5) is 10.3 Å². The molecule has 2 unspecified atom stereocenters. The Morgan fingerprint density at radius 2 is 1.05 bits per heavy atom. The van der Waals surface area contributed by atoms with Crippen molar-refractivity contribution in [1.29, 1.82) is 0 Å². The third-order valence-corrected chi connectivity index (χ3v) is 12.0. The molecule has 6 heterocycles. The summed E-state index contributed by atoms with van der Waals surface area (Å²) in [6.07, 6.45) is 6.15. The Kier molecular flexibility index (Phi) is 10.8. The molecule has 244 valence electrons. The van der Waals surface area contributed by atoms with Crippen molar-refractivity contribution in [2.75, 3.05) is 104 Å². The molecule has 0 amide bonds. The largest absolute Gasteiger partial charge is 0.375 e. The van der Waals surface area contributed by atoms with Crippen molar-refractivity contribution in [3.8, 4) is 0 Å². The van der Waals surface area contributed by atoms with E-state index in [1.54, 1.807) is 0 Å². The van der Waals surface area contributed by atoms with E-state index in [2.05, 4.69) is 53.5 Å². The van der Waals surface area contributed by atoms with Gasteiger partial charge in [0.25, 0.3) is 0 Å². The van der Waals surface area contributed by atoms with Crippen LogP contribution in [0.2, 0.25) is 0 Å². The number of nitrogens with two attached hydrogens (primary N) is 2. The lowest BCUT2D eigenvalue weighted by atomic mass is 9.93. The number of thiazole rings is 2. The van der Waals surface area contributed by atoms with Gasteiger partial charge < -0.3 is 21.3 Å². The summed E-state index contributed by atoms with van der Waals surface area (Å²) >= 11 is 2.93. The second kappa shape index (κ2) is 14.8. The lowest BCUT2D eigenvalue weighted by Gasteiger charge is -2.46. The minimum absolute atomic E-state index is 0.232. The van der Waals surface area contributed by atoms with Crippen LogP contribution in [0.5, 0.6) is 0 Å². The molecule has 44 heavy (non-hydrogen) atoms. The first kappa shape index (κ1) is 32.2. The summed E-state index contributed by atoms with van der Waals surface area (Å²) in [5.41, 5.74) is 13.9. The molecule has 13 heteroatoms. The van der Waals surface area contributed by atoms with Gasteiger partial charge in [0, 0.05) is 88.0 Å². The number of carbonyl (C=O) groups is 1. The minimum Gasteiger partial charge on any atom is -0.375 e. The zero-order valence-electron chi connectivity index (χ0n) is 26.6. The van der Waals surface area contributed by atoms with Crippen LogP contribution in [0.15, 0.2) is 10.8 Å². The smallest absolute Gasteiger partial charge is 0.180 e. The number of hydrogen-bond donors (Lipinski definition) is 2. The van der Waals surface area contributed by atoms with Crippen LogP contribution in [0.25, 0.3) is 0 Å². The monoisotopic (exact) mass is 644 g/mol. The molecule has 2 atom stereocenters. The van der Waals surface area contributed by atoms with Gasteiger partial charge in [-0.2, -0.15) is 0 Å². The molecule has 0 radical (unpaired) electrons. The molecule has 0 aromatic carbocycles. The van der Waals surface area contributed by atoms with Gasteiger partial charge in [0.2, 0.25) is 0 Å². The highest BCUT2D eigenvalue weighted by Gasteiger charge is 2.39. The Morgan fingerprint density at radius 3 is 1.36 bits per heavy atom. The van der Waals surface area contributed by atoms with Gasteiger partial charge in [-0.1, -0.05) is 0 Å². The third-order valence-electron chi connectivity index (χ3n) is 10.6. The summed E-state index contributed by atoms with van der Waals surface area (Å²) in [4.78, 5) is 39.2. The van der Waals surface area contributed by atoms with Gasteiger partial charge in [-0.3, -0.25) is 24.4 Å². The standard InChI is InChI=1S/C31H52N10OS2/c1-36-7-3-25(4-8-36)38-11-15-40(16-12-38)27(19-23-21-43-30(32)34-23)29(42)28(20-24-22-44-31(33)35-24)41-17-13-39(14-18-41)26-5-9-37(2)10-6-26/h21-22,25-28H,3-20H2,1-2H3,(H2,32,34)(H2,33,35). The summed E-state index contributed by atoms with van der Waals surface area (Å²) in [5.74, 6) is 0.295. The van der Waals surface area contributed by atoms with Crippen molar-refractivity contribution < 1.29 is 4.79 Å². The van der Waals surface area contributed by atoms with Gasteiger partial charge in [0.15, 0.2) is 16.0 Å². The number of rotatable bonds is 10. The van der Waals surface area contributed by atoms with Gasteiger partial charge in [0.05, 0.1) is 23.5 Å². The number of Topliss-reactive ketones (excluding diaryl/α,β-unsaturated/α-hetero) is 1. The molecule has 4 saturated heterocycles. The highest BCUT2D eigenvalue weighted by Crippen LogP contribution is 2.25. The Bertz CT molecular complexity index is 1100. The van der Waals surface area contributed by atoms with Crippen LogP contribution in [0, 0.1) is 0 Å². The number of aromatic nitrogens is 2. The number of ketones is 1. The zero-order valence-corrected chi connectivity index (χ0v) is 28.3. The number of piperidine rings is 2. The topological polar surface area (TPSA) is 114 Å². The third kappa shape index (κ3) is 7.98. The van der Waals surface area contributed by atoms with Gasteiger partial charge in [-0.25, -0.2) is 9.97 Å². The first-order valence-corrected chi connectivity index (χ1v) is 18.3. The lowest BCUT2D eigenvalue weighted by molar-refractivity contribution is -0.131. The van der Waals surface area contributed by atoms with E-state index in [4.69, 9.17) is 11.5 Å². The van der Waals surface area contributed by atoms with Crippen LogP contribution in [0.3, 0.4) is 0 Å². The number of likely N-dealkylation sites (tertiary alicyclic amines) is 2. The van der Waals surface area contributed by atoms with E-state index in [1.165, 1.54) is 74.5 Å².